The summed E-state index contributed by atoms with van der Waals surface area (Å²) in [5.74, 6) is 0. The molecule has 0 saturated carbocycles. The summed E-state index contributed by atoms with van der Waals surface area (Å²) in [6.07, 6.45) is 2.66. The first-order valence-corrected chi connectivity index (χ1v) is 7.56. The second-order valence-corrected chi connectivity index (χ2v) is 5.85. The van der Waals surface area contributed by atoms with Crippen LogP contribution in [-0.4, -0.2) is 17.2 Å². The lowest BCUT2D eigenvalue weighted by molar-refractivity contribution is 0.135. The summed E-state index contributed by atoms with van der Waals surface area (Å²) in [5.41, 5.74) is 8.79. The number of aliphatic hydroxyl groups is 1. The minimum atomic E-state index is -0.428. The maximum Gasteiger partial charge on any atom is 0.0943 e. The molecule has 0 radical (unpaired) electrons. The number of aliphatic hydroxyl groups excluding tert-OH is 1. The van der Waals surface area contributed by atoms with Gasteiger partial charge in [-0.25, -0.2) is 0 Å². The SMILES string of the molecule is Nc1ccc(C[C@@H]2CCC([C@H](O)c3ccccc3)N2)cc1. The Hall–Kier alpha value is -1.84. The molecule has 0 amide bonds. The van der Waals surface area contributed by atoms with E-state index in [0.717, 1.165) is 30.5 Å². The molecule has 110 valence electrons. The Morgan fingerprint density at radius 2 is 1.76 bits per heavy atom. The van der Waals surface area contributed by atoms with Crippen LogP contribution < -0.4 is 11.1 Å². The first kappa shape index (κ1) is 14.1. The van der Waals surface area contributed by atoms with Crippen LogP contribution in [0, 0.1) is 0 Å². The van der Waals surface area contributed by atoms with Crippen LogP contribution in [0.25, 0.3) is 0 Å². The van der Waals surface area contributed by atoms with Crippen molar-refractivity contribution in [2.75, 3.05) is 5.73 Å². The molecule has 3 nitrogen and oxygen atoms in total. The molecule has 3 atom stereocenters. The van der Waals surface area contributed by atoms with Crippen LogP contribution in [-0.2, 0) is 6.42 Å². The number of rotatable bonds is 4. The molecule has 0 bridgehead atoms. The van der Waals surface area contributed by atoms with E-state index < -0.39 is 6.10 Å². The normalized spacial score (nSPS) is 23.1. The van der Waals surface area contributed by atoms with Crippen molar-refractivity contribution in [2.45, 2.75) is 37.5 Å². The molecule has 1 aliphatic rings. The fraction of sp³-hybridized carbons (Fsp3) is 0.333. The molecule has 4 N–H and O–H groups in total. The summed E-state index contributed by atoms with van der Waals surface area (Å²) in [6, 6.07) is 18.5. The van der Waals surface area contributed by atoms with Crippen molar-refractivity contribution in [3.05, 3.63) is 65.7 Å². The second-order valence-electron chi connectivity index (χ2n) is 5.85. The van der Waals surface area contributed by atoms with Crippen molar-refractivity contribution in [1.82, 2.24) is 5.32 Å². The van der Waals surface area contributed by atoms with Gasteiger partial charge < -0.3 is 16.2 Å². The molecule has 1 aliphatic heterocycles. The summed E-state index contributed by atoms with van der Waals surface area (Å²) in [6.45, 7) is 0. The predicted octanol–water partition coefficient (Wildman–Crippen LogP) is 2.67. The lowest BCUT2D eigenvalue weighted by Gasteiger charge is -2.20. The van der Waals surface area contributed by atoms with Crippen LogP contribution in [0.1, 0.15) is 30.1 Å². The topological polar surface area (TPSA) is 58.3 Å². The van der Waals surface area contributed by atoms with Gasteiger partial charge in [-0.05, 0) is 42.5 Å². The minimum Gasteiger partial charge on any atom is -0.399 e. The number of anilines is 1. The molecule has 3 rings (SSSR count). The highest BCUT2D eigenvalue weighted by Crippen LogP contribution is 2.26. The molecule has 1 saturated heterocycles. The Balaban J connectivity index is 1.59. The third kappa shape index (κ3) is 3.43. The number of hydrogen-bond donors (Lipinski definition) is 3. The standard InChI is InChI=1S/C18H22N2O/c19-15-8-6-13(7-9-15)12-16-10-11-17(20-16)18(21)14-4-2-1-3-5-14/h1-9,16-18,20-21H,10-12,19H2/t16-,17?,18+/m0/s1. The molecular formula is C18H22N2O. The maximum absolute atomic E-state index is 10.5. The van der Waals surface area contributed by atoms with Crippen molar-refractivity contribution in [3.8, 4) is 0 Å². The zero-order chi connectivity index (χ0) is 14.7. The fourth-order valence-corrected chi connectivity index (χ4v) is 3.08. The van der Waals surface area contributed by atoms with Crippen molar-refractivity contribution < 1.29 is 5.11 Å². The van der Waals surface area contributed by atoms with E-state index in [-0.39, 0.29) is 6.04 Å². The van der Waals surface area contributed by atoms with E-state index in [1.807, 2.05) is 42.5 Å². The third-order valence-electron chi connectivity index (χ3n) is 4.26. The predicted molar refractivity (Wildman–Crippen MR) is 85.9 cm³/mol. The van der Waals surface area contributed by atoms with Crippen LogP contribution in [0.3, 0.4) is 0 Å². The lowest BCUT2D eigenvalue weighted by atomic mass is 10.0. The number of hydrogen-bond acceptors (Lipinski definition) is 3. The van der Waals surface area contributed by atoms with Gasteiger partial charge in [0, 0.05) is 17.8 Å². The number of nitrogens with two attached hydrogens (primary N) is 1. The smallest absolute Gasteiger partial charge is 0.0943 e. The molecule has 1 unspecified atom stereocenters. The number of benzene rings is 2. The first-order valence-electron chi connectivity index (χ1n) is 7.56. The van der Waals surface area contributed by atoms with Crippen molar-refractivity contribution >= 4 is 5.69 Å². The summed E-state index contributed by atoms with van der Waals surface area (Å²) in [4.78, 5) is 0. The van der Waals surface area contributed by atoms with Crippen molar-refractivity contribution in [3.63, 3.8) is 0 Å². The fourth-order valence-electron chi connectivity index (χ4n) is 3.08. The molecule has 0 aliphatic carbocycles. The van der Waals surface area contributed by atoms with Crippen molar-refractivity contribution in [2.24, 2.45) is 0 Å². The zero-order valence-corrected chi connectivity index (χ0v) is 12.1. The van der Waals surface area contributed by atoms with Gasteiger partial charge in [0.05, 0.1) is 6.10 Å². The lowest BCUT2D eigenvalue weighted by Crippen LogP contribution is -2.35. The highest BCUT2D eigenvalue weighted by molar-refractivity contribution is 5.39. The van der Waals surface area contributed by atoms with Gasteiger partial charge in [-0.1, -0.05) is 42.5 Å². The van der Waals surface area contributed by atoms with E-state index in [9.17, 15) is 5.11 Å². The Morgan fingerprint density at radius 3 is 2.48 bits per heavy atom. The Bertz CT molecular complexity index is 568. The van der Waals surface area contributed by atoms with Crippen LogP contribution >= 0.6 is 0 Å². The monoisotopic (exact) mass is 282 g/mol. The van der Waals surface area contributed by atoms with Crippen LogP contribution in [0.4, 0.5) is 5.69 Å². The average molecular weight is 282 g/mol. The molecule has 21 heavy (non-hydrogen) atoms. The Kier molecular flexibility index (Phi) is 4.23. The van der Waals surface area contributed by atoms with E-state index in [1.54, 1.807) is 0 Å². The van der Waals surface area contributed by atoms with E-state index in [4.69, 9.17) is 5.73 Å². The van der Waals surface area contributed by atoms with E-state index in [0.29, 0.717) is 6.04 Å². The maximum atomic E-state index is 10.5. The van der Waals surface area contributed by atoms with Gasteiger partial charge in [-0.2, -0.15) is 0 Å². The Labute approximate surface area is 125 Å². The van der Waals surface area contributed by atoms with Crippen LogP contribution in [0.5, 0.6) is 0 Å². The molecular weight excluding hydrogens is 260 g/mol. The largest absolute Gasteiger partial charge is 0.399 e. The van der Waals surface area contributed by atoms with E-state index >= 15 is 0 Å². The number of nitrogen functional groups attached to an aromatic ring is 1. The van der Waals surface area contributed by atoms with E-state index in [2.05, 4.69) is 17.4 Å². The minimum absolute atomic E-state index is 0.145. The summed E-state index contributed by atoms with van der Waals surface area (Å²) < 4.78 is 0. The van der Waals surface area contributed by atoms with Gasteiger partial charge in [0.25, 0.3) is 0 Å². The van der Waals surface area contributed by atoms with Crippen molar-refractivity contribution in [1.29, 1.82) is 0 Å². The molecule has 2 aromatic rings. The molecule has 0 spiro atoms. The summed E-state index contributed by atoms with van der Waals surface area (Å²) in [5, 5.41) is 14.0. The second kappa shape index (κ2) is 6.29. The van der Waals surface area contributed by atoms with Gasteiger partial charge in [0.1, 0.15) is 0 Å². The first-order chi connectivity index (χ1) is 10.2. The van der Waals surface area contributed by atoms with Gasteiger partial charge in [0.2, 0.25) is 0 Å². The highest BCUT2D eigenvalue weighted by Gasteiger charge is 2.29. The molecule has 0 aromatic heterocycles. The molecule has 1 heterocycles. The van der Waals surface area contributed by atoms with Crippen LogP contribution in [0.15, 0.2) is 54.6 Å². The summed E-state index contributed by atoms with van der Waals surface area (Å²) >= 11 is 0. The van der Waals surface area contributed by atoms with Gasteiger partial charge >= 0.3 is 0 Å². The highest BCUT2D eigenvalue weighted by atomic mass is 16.3. The molecule has 3 heteroatoms. The molecule has 2 aromatic carbocycles. The molecule has 1 fully saturated rings. The zero-order valence-electron chi connectivity index (χ0n) is 12.1. The van der Waals surface area contributed by atoms with E-state index in [1.165, 1.54) is 5.56 Å². The average Bonchev–Trinajstić information content (AvgIpc) is 2.98. The van der Waals surface area contributed by atoms with Gasteiger partial charge in [-0.15, -0.1) is 0 Å². The summed E-state index contributed by atoms with van der Waals surface area (Å²) in [7, 11) is 0. The Morgan fingerprint density at radius 1 is 1.05 bits per heavy atom. The van der Waals surface area contributed by atoms with Gasteiger partial charge in [-0.3, -0.25) is 0 Å². The van der Waals surface area contributed by atoms with Gasteiger partial charge in [0.15, 0.2) is 0 Å². The third-order valence-corrected chi connectivity index (χ3v) is 4.26. The quantitative estimate of drug-likeness (QED) is 0.756. The number of nitrogens with one attached hydrogen (secondary N) is 1. The van der Waals surface area contributed by atoms with Crippen LogP contribution in [0.2, 0.25) is 0 Å².